The SMILES string of the molecule is CC1CNCCC1NC(=O)CC1(N2CCOCC2)CCCC1. The molecule has 2 atom stereocenters. The van der Waals surface area contributed by atoms with Gasteiger partial charge in [-0.1, -0.05) is 19.8 Å². The van der Waals surface area contributed by atoms with E-state index in [9.17, 15) is 4.79 Å². The highest BCUT2D eigenvalue weighted by molar-refractivity contribution is 5.77. The van der Waals surface area contributed by atoms with Crippen LogP contribution in [0.4, 0.5) is 0 Å². The molecule has 1 amide bonds. The number of hydrogen-bond donors (Lipinski definition) is 2. The van der Waals surface area contributed by atoms with Gasteiger partial charge in [-0.05, 0) is 38.3 Å². The average molecular weight is 309 g/mol. The smallest absolute Gasteiger partial charge is 0.222 e. The van der Waals surface area contributed by atoms with E-state index >= 15 is 0 Å². The van der Waals surface area contributed by atoms with Crippen LogP contribution in [0.3, 0.4) is 0 Å². The van der Waals surface area contributed by atoms with Gasteiger partial charge in [-0.2, -0.15) is 0 Å². The zero-order valence-corrected chi connectivity index (χ0v) is 13.9. The molecule has 2 saturated heterocycles. The van der Waals surface area contributed by atoms with E-state index in [4.69, 9.17) is 4.74 Å². The summed E-state index contributed by atoms with van der Waals surface area (Å²) in [6, 6.07) is 0.344. The maximum absolute atomic E-state index is 12.7. The van der Waals surface area contributed by atoms with Crippen LogP contribution in [0, 0.1) is 5.92 Å². The summed E-state index contributed by atoms with van der Waals surface area (Å²) < 4.78 is 5.50. The minimum Gasteiger partial charge on any atom is -0.379 e. The van der Waals surface area contributed by atoms with Gasteiger partial charge in [0, 0.05) is 31.1 Å². The summed E-state index contributed by atoms with van der Waals surface area (Å²) in [5.74, 6) is 0.785. The van der Waals surface area contributed by atoms with Gasteiger partial charge in [0.25, 0.3) is 0 Å². The van der Waals surface area contributed by atoms with Gasteiger partial charge >= 0.3 is 0 Å². The van der Waals surface area contributed by atoms with Crippen LogP contribution in [-0.4, -0.2) is 61.8 Å². The van der Waals surface area contributed by atoms with Crippen LogP contribution >= 0.6 is 0 Å². The van der Waals surface area contributed by atoms with E-state index in [1.807, 2.05) is 0 Å². The van der Waals surface area contributed by atoms with Crippen LogP contribution in [0.25, 0.3) is 0 Å². The lowest BCUT2D eigenvalue weighted by Gasteiger charge is -2.43. The van der Waals surface area contributed by atoms with Crippen molar-refractivity contribution in [3.8, 4) is 0 Å². The maximum atomic E-state index is 12.7. The molecule has 1 saturated carbocycles. The average Bonchev–Trinajstić information content (AvgIpc) is 3.00. The molecule has 22 heavy (non-hydrogen) atoms. The first kappa shape index (κ1) is 16.2. The molecule has 0 spiro atoms. The number of carbonyl (C=O) groups is 1. The lowest BCUT2D eigenvalue weighted by Crippen LogP contribution is -2.55. The molecule has 0 aromatic carbocycles. The zero-order valence-electron chi connectivity index (χ0n) is 13.9. The van der Waals surface area contributed by atoms with Crippen LogP contribution in [0.15, 0.2) is 0 Å². The Morgan fingerprint density at radius 3 is 2.73 bits per heavy atom. The van der Waals surface area contributed by atoms with Gasteiger partial charge in [0.15, 0.2) is 0 Å². The highest BCUT2D eigenvalue weighted by atomic mass is 16.5. The second kappa shape index (κ2) is 7.28. The molecule has 3 fully saturated rings. The Hall–Kier alpha value is -0.650. The number of rotatable bonds is 4. The summed E-state index contributed by atoms with van der Waals surface area (Å²) in [6.07, 6.45) is 6.58. The van der Waals surface area contributed by atoms with E-state index in [1.54, 1.807) is 0 Å². The zero-order chi connectivity index (χ0) is 15.4. The predicted molar refractivity (Wildman–Crippen MR) is 86.8 cm³/mol. The van der Waals surface area contributed by atoms with Crippen molar-refractivity contribution in [3.63, 3.8) is 0 Å². The lowest BCUT2D eigenvalue weighted by atomic mass is 9.89. The van der Waals surface area contributed by atoms with E-state index in [-0.39, 0.29) is 11.4 Å². The van der Waals surface area contributed by atoms with Crippen molar-refractivity contribution >= 4 is 5.91 Å². The van der Waals surface area contributed by atoms with Gasteiger partial charge in [-0.15, -0.1) is 0 Å². The molecular formula is C17H31N3O2. The van der Waals surface area contributed by atoms with Crippen molar-refractivity contribution in [1.29, 1.82) is 0 Å². The van der Waals surface area contributed by atoms with Gasteiger partial charge in [0.2, 0.25) is 5.91 Å². The Labute approximate surface area is 134 Å². The fraction of sp³-hybridized carbons (Fsp3) is 0.941. The fourth-order valence-corrected chi connectivity index (χ4v) is 4.46. The lowest BCUT2D eigenvalue weighted by molar-refractivity contribution is -0.126. The number of morpholine rings is 1. The third kappa shape index (κ3) is 3.63. The molecule has 1 aliphatic carbocycles. The first-order valence-corrected chi connectivity index (χ1v) is 9.02. The number of hydrogen-bond acceptors (Lipinski definition) is 4. The standard InChI is InChI=1S/C17H31N3O2/c1-14-13-18-7-4-15(14)19-16(21)12-17(5-2-3-6-17)20-8-10-22-11-9-20/h14-15,18H,2-13H2,1H3,(H,19,21). The largest absolute Gasteiger partial charge is 0.379 e. The van der Waals surface area contributed by atoms with Gasteiger partial charge in [0.05, 0.1) is 13.2 Å². The van der Waals surface area contributed by atoms with Crippen molar-refractivity contribution in [1.82, 2.24) is 15.5 Å². The summed E-state index contributed by atoms with van der Waals surface area (Å²) in [7, 11) is 0. The number of ether oxygens (including phenoxy) is 1. The molecule has 0 aromatic rings. The van der Waals surface area contributed by atoms with Crippen LogP contribution in [0.2, 0.25) is 0 Å². The highest BCUT2D eigenvalue weighted by Gasteiger charge is 2.42. The van der Waals surface area contributed by atoms with E-state index in [0.717, 1.165) is 45.8 Å². The molecule has 2 N–H and O–H groups in total. The molecule has 0 aromatic heterocycles. The Kier molecular flexibility index (Phi) is 5.37. The Balaban J connectivity index is 1.59. The summed E-state index contributed by atoms with van der Waals surface area (Å²) in [5, 5.41) is 6.72. The third-order valence-corrected chi connectivity index (χ3v) is 5.84. The molecule has 3 aliphatic rings. The molecule has 0 radical (unpaired) electrons. The van der Waals surface area contributed by atoms with Crippen LogP contribution in [0.1, 0.15) is 45.4 Å². The Morgan fingerprint density at radius 1 is 1.32 bits per heavy atom. The molecule has 5 nitrogen and oxygen atoms in total. The Morgan fingerprint density at radius 2 is 2.05 bits per heavy atom. The van der Waals surface area contributed by atoms with E-state index < -0.39 is 0 Å². The number of nitrogens with one attached hydrogen (secondary N) is 2. The van der Waals surface area contributed by atoms with Crippen molar-refractivity contribution in [2.24, 2.45) is 5.92 Å². The summed E-state index contributed by atoms with van der Waals surface area (Å²) in [6.45, 7) is 7.85. The first-order valence-electron chi connectivity index (χ1n) is 9.02. The first-order chi connectivity index (χ1) is 10.7. The van der Waals surface area contributed by atoms with Gasteiger partial charge in [0.1, 0.15) is 0 Å². The van der Waals surface area contributed by atoms with Crippen LogP contribution in [-0.2, 0) is 9.53 Å². The quantitative estimate of drug-likeness (QED) is 0.817. The van der Waals surface area contributed by atoms with E-state index in [2.05, 4.69) is 22.5 Å². The normalized spacial score (nSPS) is 32.8. The van der Waals surface area contributed by atoms with Crippen molar-refractivity contribution < 1.29 is 9.53 Å². The Bertz CT molecular complexity index is 376. The molecule has 126 valence electrons. The minimum atomic E-state index is 0.101. The monoisotopic (exact) mass is 309 g/mol. The van der Waals surface area contributed by atoms with E-state index in [0.29, 0.717) is 18.4 Å². The number of amides is 1. The second-order valence-corrected chi connectivity index (χ2v) is 7.35. The molecule has 2 aliphatic heterocycles. The number of carbonyl (C=O) groups excluding carboxylic acids is 1. The number of nitrogens with zero attached hydrogens (tertiary/aromatic N) is 1. The summed E-state index contributed by atoms with van der Waals surface area (Å²) >= 11 is 0. The summed E-state index contributed by atoms with van der Waals surface area (Å²) in [5.41, 5.74) is 0.101. The molecule has 5 heteroatoms. The molecular weight excluding hydrogens is 278 g/mol. The summed E-state index contributed by atoms with van der Waals surface area (Å²) in [4.78, 5) is 15.2. The number of piperidine rings is 1. The molecule has 2 heterocycles. The third-order valence-electron chi connectivity index (χ3n) is 5.84. The predicted octanol–water partition coefficient (Wildman–Crippen LogP) is 1.14. The second-order valence-electron chi connectivity index (χ2n) is 7.35. The molecule has 0 bridgehead atoms. The van der Waals surface area contributed by atoms with Gasteiger partial charge < -0.3 is 15.4 Å². The minimum absolute atomic E-state index is 0.101. The topological polar surface area (TPSA) is 53.6 Å². The van der Waals surface area contributed by atoms with E-state index in [1.165, 1.54) is 25.7 Å². The van der Waals surface area contributed by atoms with Crippen LogP contribution in [0.5, 0.6) is 0 Å². The van der Waals surface area contributed by atoms with Crippen LogP contribution < -0.4 is 10.6 Å². The molecule has 3 rings (SSSR count). The van der Waals surface area contributed by atoms with Gasteiger partial charge in [-0.3, -0.25) is 9.69 Å². The fourth-order valence-electron chi connectivity index (χ4n) is 4.46. The van der Waals surface area contributed by atoms with Crippen molar-refractivity contribution in [2.45, 2.75) is 57.0 Å². The maximum Gasteiger partial charge on any atom is 0.222 e. The molecule has 2 unspecified atom stereocenters. The van der Waals surface area contributed by atoms with Crippen molar-refractivity contribution in [2.75, 3.05) is 39.4 Å². The van der Waals surface area contributed by atoms with Crippen molar-refractivity contribution in [3.05, 3.63) is 0 Å². The van der Waals surface area contributed by atoms with Gasteiger partial charge in [-0.25, -0.2) is 0 Å². The highest BCUT2D eigenvalue weighted by Crippen LogP contribution is 2.38.